The molecular weight excluding hydrogens is 188 g/mol. The highest BCUT2D eigenvalue weighted by Gasteiger charge is 2.32. The minimum Gasteiger partial charge on any atom is -0.500 e. The average Bonchev–Trinajstić information content (AvgIpc) is 2.69. The molecule has 84 valence electrons. The Labute approximate surface area is 91.7 Å². The molecule has 0 bridgehead atoms. The van der Waals surface area contributed by atoms with E-state index in [-0.39, 0.29) is 5.92 Å². The van der Waals surface area contributed by atoms with Crippen molar-refractivity contribution in [1.82, 2.24) is 0 Å². The lowest BCUT2D eigenvalue weighted by Crippen LogP contribution is -2.26. The zero-order valence-electron chi connectivity index (χ0n) is 9.71. The molecule has 0 amide bonds. The molecule has 2 aliphatic rings. The van der Waals surface area contributed by atoms with E-state index in [1.807, 2.05) is 0 Å². The average molecular weight is 208 g/mol. The van der Waals surface area contributed by atoms with Gasteiger partial charge in [0.05, 0.1) is 12.9 Å². The van der Waals surface area contributed by atoms with Gasteiger partial charge in [0.1, 0.15) is 0 Å². The molecule has 0 N–H and O–H groups in total. The van der Waals surface area contributed by atoms with Crippen LogP contribution in [0.3, 0.4) is 0 Å². The molecular formula is C13H20O2. The summed E-state index contributed by atoms with van der Waals surface area (Å²) < 4.78 is 5.13. The summed E-state index contributed by atoms with van der Waals surface area (Å²) in [7, 11) is 0. The Morgan fingerprint density at radius 1 is 1.40 bits per heavy atom. The van der Waals surface area contributed by atoms with Crippen LogP contribution in [-0.2, 0) is 9.53 Å². The van der Waals surface area contributed by atoms with E-state index in [9.17, 15) is 4.79 Å². The van der Waals surface area contributed by atoms with Gasteiger partial charge in [0.2, 0.25) is 0 Å². The van der Waals surface area contributed by atoms with Crippen LogP contribution >= 0.6 is 0 Å². The Morgan fingerprint density at radius 3 is 2.60 bits per heavy atom. The molecule has 1 fully saturated rings. The number of carbonyl (C=O) groups is 1. The predicted octanol–water partition coefficient (Wildman–Crippen LogP) is 3.08. The zero-order valence-corrected chi connectivity index (χ0v) is 9.71. The van der Waals surface area contributed by atoms with Gasteiger partial charge in [-0.15, -0.1) is 0 Å². The van der Waals surface area contributed by atoms with E-state index in [1.54, 1.807) is 6.26 Å². The molecule has 0 radical (unpaired) electrons. The van der Waals surface area contributed by atoms with E-state index in [1.165, 1.54) is 12.8 Å². The first-order valence-corrected chi connectivity index (χ1v) is 5.93. The Bertz CT molecular complexity index is 279. The predicted molar refractivity (Wildman–Crippen MR) is 59.4 cm³/mol. The largest absolute Gasteiger partial charge is 0.500 e. The first-order chi connectivity index (χ1) is 7.08. The molecule has 1 heterocycles. The molecule has 0 aromatic carbocycles. The van der Waals surface area contributed by atoms with E-state index >= 15 is 0 Å². The number of hydrogen-bond donors (Lipinski definition) is 0. The van der Waals surface area contributed by atoms with Gasteiger partial charge in [-0.2, -0.15) is 0 Å². The Balaban J connectivity index is 1.93. The SMILES string of the molecule is CC1(C)CCC(C(=O)C2=COCC2)CC1. The number of hydrogen-bond acceptors (Lipinski definition) is 2. The summed E-state index contributed by atoms with van der Waals surface area (Å²) in [5.74, 6) is 0.619. The van der Waals surface area contributed by atoms with Crippen LogP contribution in [0.2, 0.25) is 0 Å². The van der Waals surface area contributed by atoms with Crippen molar-refractivity contribution in [3.63, 3.8) is 0 Å². The Kier molecular flexibility index (Phi) is 2.85. The van der Waals surface area contributed by atoms with Gasteiger partial charge in [-0.25, -0.2) is 0 Å². The number of Topliss-reactive ketones (excluding diaryl/α,β-unsaturated/α-hetero) is 1. The maximum absolute atomic E-state index is 12.1. The van der Waals surface area contributed by atoms with Crippen LogP contribution in [0.5, 0.6) is 0 Å². The first-order valence-electron chi connectivity index (χ1n) is 5.93. The highest BCUT2D eigenvalue weighted by molar-refractivity contribution is 5.97. The molecule has 0 atom stereocenters. The summed E-state index contributed by atoms with van der Waals surface area (Å²) >= 11 is 0. The summed E-state index contributed by atoms with van der Waals surface area (Å²) in [4.78, 5) is 12.1. The van der Waals surface area contributed by atoms with Gasteiger partial charge in [0, 0.05) is 17.9 Å². The Morgan fingerprint density at radius 2 is 2.07 bits per heavy atom. The molecule has 1 aliphatic heterocycles. The van der Waals surface area contributed by atoms with Crippen molar-refractivity contribution in [2.75, 3.05) is 6.61 Å². The molecule has 2 rings (SSSR count). The van der Waals surface area contributed by atoms with Gasteiger partial charge in [-0.05, 0) is 31.1 Å². The van der Waals surface area contributed by atoms with Crippen molar-refractivity contribution in [2.24, 2.45) is 11.3 Å². The molecule has 2 nitrogen and oxygen atoms in total. The summed E-state index contributed by atoms with van der Waals surface area (Å²) in [6, 6.07) is 0. The van der Waals surface area contributed by atoms with Crippen LogP contribution in [0.4, 0.5) is 0 Å². The highest BCUT2D eigenvalue weighted by atomic mass is 16.5. The molecule has 0 aromatic rings. The third-order valence-electron chi connectivity index (χ3n) is 3.74. The molecule has 2 heteroatoms. The maximum atomic E-state index is 12.1. The minimum absolute atomic E-state index is 0.269. The van der Waals surface area contributed by atoms with Crippen molar-refractivity contribution < 1.29 is 9.53 Å². The van der Waals surface area contributed by atoms with Gasteiger partial charge < -0.3 is 4.74 Å². The van der Waals surface area contributed by atoms with E-state index in [0.717, 1.165) is 24.8 Å². The second kappa shape index (κ2) is 3.99. The highest BCUT2D eigenvalue weighted by Crippen LogP contribution is 2.39. The van der Waals surface area contributed by atoms with Crippen LogP contribution in [0.15, 0.2) is 11.8 Å². The fourth-order valence-corrected chi connectivity index (χ4v) is 2.49. The smallest absolute Gasteiger partial charge is 0.165 e. The molecule has 15 heavy (non-hydrogen) atoms. The van der Waals surface area contributed by atoms with Crippen LogP contribution in [0.25, 0.3) is 0 Å². The van der Waals surface area contributed by atoms with Gasteiger partial charge in [-0.1, -0.05) is 13.8 Å². The monoisotopic (exact) mass is 208 g/mol. The lowest BCUT2D eigenvalue weighted by Gasteiger charge is -2.33. The lowest BCUT2D eigenvalue weighted by atomic mass is 9.71. The molecule has 1 saturated carbocycles. The number of ether oxygens (including phenoxy) is 1. The van der Waals surface area contributed by atoms with Crippen molar-refractivity contribution in [1.29, 1.82) is 0 Å². The zero-order chi connectivity index (χ0) is 10.9. The van der Waals surface area contributed by atoms with Crippen LogP contribution in [0, 0.1) is 11.3 Å². The van der Waals surface area contributed by atoms with Gasteiger partial charge in [0.25, 0.3) is 0 Å². The van der Waals surface area contributed by atoms with Crippen LogP contribution in [-0.4, -0.2) is 12.4 Å². The fourth-order valence-electron chi connectivity index (χ4n) is 2.49. The number of rotatable bonds is 2. The number of ketones is 1. The van der Waals surface area contributed by atoms with Crippen molar-refractivity contribution >= 4 is 5.78 Å². The van der Waals surface area contributed by atoms with Crippen molar-refractivity contribution in [3.8, 4) is 0 Å². The quantitative estimate of drug-likeness (QED) is 0.697. The van der Waals surface area contributed by atoms with Gasteiger partial charge >= 0.3 is 0 Å². The first kappa shape index (κ1) is 10.7. The van der Waals surface area contributed by atoms with Crippen molar-refractivity contribution in [2.45, 2.75) is 46.0 Å². The summed E-state index contributed by atoms with van der Waals surface area (Å²) in [5, 5.41) is 0. The van der Waals surface area contributed by atoms with Crippen LogP contribution < -0.4 is 0 Å². The summed E-state index contributed by atoms with van der Waals surface area (Å²) in [6.45, 7) is 5.29. The normalized spacial score (nSPS) is 25.9. The van der Waals surface area contributed by atoms with E-state index in [4.69, 9.17) is 4.74 Å². The topological polar surface area (TPSA) is 26.3 Å². The molecule has 0 unspecified atom stereocenters. The lowest BCUT2D eigenvalue weighted by molar-refractivity contribution is -0.120. The van der Waals surface area contributed by atoms with E-state index in [0.29, 0.717) is 17.8 Å². The summed E-state index contributed by atoms with van der Waals surface area (Å²) in [5.41, 5.74) is 1.36. The fraction of sp³-hybridized carbons (Fsp3) is 0.769. The molecule has 0 spiro atoms. The molecule has 1 aliphatic carbocycles. The van der Waals surface area contributed by atoms with Crippen LogP contribution in [0.1, 0.15) is 46.0 Å². The maximum Gasteiger partial charge on any atom is 0.165 e. The minimum atomic E-state index is 0.269. The third-order valence-corrected chi connectivity index (χ3v) is 3.74. The number of carbonyl (C=O) groups excluding carboxylic acids is 1. The Hall–Kier alpha value is -0.790. The van der Waals surface area contributed by atoms with E-state index < -0.39 is 0 Å². The summed E-state index contributed by atoms with van der Waals surface area (Å²) in [6.07, 6.45) is 6.96. The molecule has 0 saturated heterocycles. The van der Waals surface area contributed by atoms with Gasteiger partial charge in [0.15, 0.2) is 5.78 Å². The standard InChI is InChI=1S/C13H20O2/c1-13(2)6-3-10(4-7-13)12(14)11-5-8-15-9-11/h9-10H,3-8H2,1-2H3. The van der Waals surface area contributed by atoms with E-state index in [2.05, 4.69) is 13.8 Å². The third kappa shape index (κ3) is 2.42. The second-order valence-electron chi connectivity index (χ2n) is 5.57. The van der Waals surface area contributed by atoms with Crippen molar-refractivity contribution in [3.05, 3.63) is 11.8 Å². The molecule has 0 aromatic heterocycles. The second-order valence-corrected chi connectivity index (χ2v) is 5.57. The van der Waals surface area contributed by atoms with Gasteiger partial charge in [-0.3, -0.25) is 4.79 Å².